The van der Waals surface area contributed by atoms with Gasteiger partial charge in [0, 0.05) is 27.1 Å². The van der Waals surface area contributed by atoms with Crippen LogP contribution in [0.2, 0.25) is 0 Å². The molecule has 0 unspecified atom stereocenters. The minimum Gasteiger partial charge on any atom is -0.497 e. The van der Waals surface area contributed by atoms with Gasteiger partial charge in [-0.25, -0.2) is 4.98 Å². The summed E-state index contributed by atoms with van der Waals surface area (Å²) in [5.74, 6) is 0.879. The molecule has 0 spiro atoms. The van der Waals surface area contributed by atoms with Crippen LogP contribution in [0.1, 0.15) is 16.8 Å². The molecule has 5 heteroatoms. The summed E-state index contributed by atoms with van der Waals surface area (Å²) in [5, 5.41) is 0. The second kappa shape index (κ2) is 7.49. The highest BCUT2D eigenvalue weighted by molar-refractivity contribution is 9.10. The zero-order valence-electron chi connectivity index (χ0n) is 15.0. The Hall–Kier alpha value is -2.11. The van der Waals surface area contributed by atoms with Crippen molar-refractivity contribution in [1.82, 2.24) is 9.38 Å². The van der Waals surface area contributed by atoms with Crippen LogP contribution in [0.5, 0.6) is 5.75 Å². The standard InChI is InChI=1S/C22H18Br2N2O/c1-14-10-19(27-2)8-6-15(14)12-20-22(16-4-3-5-17(23)11-16)25-21-9-7-18(24)13-26(20)21/h3-11,13H,12H2,1-2H3. The number of pyridine rings is 1. The first-order valence-corrected chi connectivity index (χ1v) is 10.2. The van der Waals surface area contributed by atoms with E-state index in [0.29, 0.717) is 0 Å². The molecule has 0 amide bonds. The number of hydrogen-bond acceptors (Lipinski definition) is 2. The molecule has 2 heterocycles. The van der Waals surface area contributed by atoms with E-state index < -0.39 is 0 Å². The van der Waals surface area contributed by atoms with Crippen molar-refractivity contribution in [1.29, 1.82) is 0 Å². The summed E-state index contributed by atoms with van der Waals surface area (Å²) in [7, 11) is 1.70. The van der Waals surface area contributed by atoms with Gasteiger partial charge in [0.2, 0.25) is 0 Å². The molecule has 3 nitrogen and oxygen atoms in total. The summed E-state index contributed by atoms with van der Waals surface area (Å²) < 4.78 is 9.59. The molecule has 0 aliphatic rings. The zero-order chi connectivity index (χ0) is 19.0. The zero-order valence-corrected chi connectivity index (χ0v) is 18.2. The molecule has 0 fully saturated rings. The minimum atomic E-state index is 0.787. The monoisotopic (exact) mass is 484 g/mol. The number of aromatic nitrogens is 2. The van der Waals surface area contributed by atoms with Crippen molar-refractivity contribution in [2.24, 2.45) is 0 Å². The number of aryl methyl sites for hydroxylation is 1. The number of imidazole rings is 1. The van der Waals surface area contributed by atoms with Crippen molar-refractivity contribution >= 4 is 37.5 Å². The lowest BCUT2D eigenvalue weighted by atomic mass is 10.0. The highest BCUT2D eigenvalue weighted by Gasteiger charge is 2.16. The number of ether oxygens (including phenoxy) is 1. The molecule has 0 atom stereocenters. The maximum atomic E-state index is 5.35. The molecule has 0 bridgehead atoms. The lowest BCUT2D eigenvalue weighted by Crippen LogP contribution is -1.99. The average molecular weight is 486 g/mol. The van der Waals surface area contributed by atoms with Crippen LogP contribution in [-0.4, -0.2) is 16.5 Å². The van der Waals surface area contributed by atoms with Crippen LogP contribution in [0.15, 0.2) is 69.7 Å². The van der Waals surface area contributed by atoms with E-state index in [0.717, 1.165) is 43.7 Å². The van der Waals surface area contributed by atoms with Gasteiger partial charge >= 0.3 is 0 Å². The summed E-state index contributed by atoms with van der Waals surface area (Å²) >= 11 is 7.17. The lowest BCUT2D eigenvalue weighted by molar-refractivity contribution is 0.414. The molecular weight excluding hydrogens is 468 g/mol. The smallest absolute Gasteiger partial charge is 0.137 e. The van der Waals surface area contributed by atoms with E-state index in [9.17, 15) is 0 Å². The Balaban J connectivity index is 1.89. The lowest BCUT2D eigenvalue weighted by Gasteiger charge is -2.10. The molecule has 136 valence electrons. The third kappa shape index (κ3) is 3.66. The number of methoxy groups -OCH3 is 1. The highest BCUT2D eigenvalue weighted by atomic mass is 79.9. The molecule has 4 rings (SSSR count). The average Bonchev–Trinajstić information content (AvgIpc) is 3.01. The Morgan fingerprint density at radius 1 is 1.00 bits per heavy atom. The van der Waals surface area contributed by atoms with E-state index >= 15 is 0 Å². The molecule has 0 saturated carbocycles. The maximum Gasteiger partial charge on any atom is 0.137 e. The van der Waals surface area contributed by atoms with Crippen molar-refractivity contribution in [3.8, 4) is 17.0 Å². The molecule has 0 aliphatic carbocycles. The van der Waals surface area contributed by atoms with Gasteiger partial charge in [0.15, 0.2) is 0 Å². The molecular formula is C22H18Br2N2O. The van der Waals surface area contributed by atoms with Crippen LogP contribution in [0.4, 0.5) is 0 Å². The number of hydrogen-bond donors (Lipinski definition) is 0. The highest BCUT2D eigenvalue weighted by Crippen LogP contribution is 2.30. The van der Waals surface area contributed by atoms with Gasteiger partial charge in [0.25, 0.3) is 0 Å². The van der Waals surface area contributed by atoms with Gasteiger partial charge in [0.05, 0.1) is 18.5 Å². The van der Waals surface area contributed by atoms with E-state index in [1.54, 1.807) is 7.11 Å². The second-order valence-electron chi connectivity index (χ2n) is 6.46. The van der Waals surface area contributed by atoms with Crippen LogP contribution in [0.25, 0.3) is 16.9 Å². The summed E-state index contributed by atoms with van der Waals surface area (Å²) in [4.78, 5) is 4.92. The SMILES string of the molecule is COc1ccc(Cc2c(-c3cccc(Br)c3)nc3ccc(Br)cn23)c(C)c1. The molecule has 0 aliphatic heterocycles. The van der Waals surface area contributed by atoms with E-state index in [-0.39, 0.29) is 0 Å². The second-order valence-corrected chi connectivity index (χ2v) is 8.29. The van der Waals surface area contributed by atoms with Crippen LogP contribution in [0, 0.1) is 6.92 Å². The van der Waals surface area contributed by atoms with Crippen molar-refractivity contribution in [2.75, 3.05) is 7.11 Å². The number of fused-ring (bicyclic) bond motifs is 1. The third-order valence-electron chi connectivity index (χ3n) is 4.69. The van der Waals surface area contributed by atoms with Gasteiger partial charge < -0.3 is 9.14 Å². The Morgan fingerprint density at radius 2 is 1.85 bits per heavy atom. The fraction of sp³-hybridized carbons (Fsp3) is 0.136. The summed E-state index contributed by atoms with van der Waals surface area (Å²) in [6.45, 7) is 2.12. The third-order valence-corrected chi connectivity index (χ3v) is 5.65. The van der Waals surface area contributed by atoms with Gasteiger partial charge in [-0.1, -0.05) is 34.1 Å². The van der Waals surface area contributed by atoms with Crippen molar-refractivity contribution in [2.45, 2.75) is 13.3 Å². The predicted molar refractivity (Wildman–Crippen MR) is 117 cm³/mol. The van der Waals surface area contributed by atoms with Crippen LogP contribution in [-0.2, 0) is 6.42 Å². The Labute approximate surface area is 175 Å². The largest absolute Gasteiger partial charge is 0.497 e. The van der Waals surface area contributed by atoms with E-state index in [1.807, 2.05) is 30.3 Å². The number of halogens is 2. The predicted octanol–water partition coefficient (Wildman–Crippen LogP) is 6.43. The summed E-state index contributed by atoms with van der Waals surface area (Å²) in [5.41, 5.74) is 6.68. The van der Waals surface area contributed by atoms with E-state index in [1.165, 1.54) is 11.1 Å². The molecule has 4 aromatic rings. The maximum absolute atomic E-state index is 5.35. The quantitative estimate of drug-likeness (QED) is 0.332. The Bertz CT molecular complexity index is 1130. The van der Waals surface area contributed by atoms with E-state index in [2.05, 4.69) is 73.6 Å². The molecule has 27 heavy (non-hydrogen) atoms. The van der Waals surface area contributed by atoms with E-state index in [4.69, 9.17) is 9.72 Å². The van der Waals surface area contributed by atoms with Gasteiger partial charge in [-0.2, -0.15) is 0 Å². The molecule has 0 N–H and O–H groups in total. The van der Waals surface area contributed by atoms with Gasteiger partial charge in [-0.15, -0.1) is 0 Å². The summed E-state index contributed by atoms with van der Waals surface area (Å²) in [6, 6.07) is 18.6. The number of nitrogens with zero attached hydrogens (tertiary/aromatic N) is 2. The van der Waals surface area contributed by atoms with Crippen molar-refractivity contribution < 1.29 is 4.74 Å². The molecule has 2 aromatic carbocycles. The topological polar surface area (TPSA) is 26.5 Å². The molecule has 0 radical (unpaired) electrons. The number of benzene rings is 2. The van der Waals surface area contributed by atoms with Crippen LogP contribution < -0.4 is 4.74 Å². The van der Waals surface area contributed by atoms with Crippen LogP contribution >= 0.6 is 31.9 Å². The fourth-order valence-corrected chi connectivity index (χ4v) is 4.01. The first-order chi connectivity index (χ1) is 13.0. The first-order valence-electron chi connectivity index (χ1n) is 8.61. The number of rotatable bonds is 4. The minimum absolute atomic E-state index is 0.787. The van der Waals surface area contributed by atoms with Crippen LogP contribution in [0.3, 0.4) is 0 Å². The van der Waals surface area contributed by atoms with Crippen molar-refractivity contribution in [3.63, 3.8) is 0 Å². The van der Waals surface area contributed by atoms with Gasteiger partial charge in [-0.05, 0) is 70.4 Å². The fourth-order valence-electron chi connectivity index (χ4n) is 3.28. The molecule has 2 aromatic heterocycles. The normalized spacial score (nSPS) is 11.1. The Morgan fingerprint density at radius 3 is 2.59 bits per heavy atom. The van der Waals surface area contributed by atoms with Crippen molar-refractivity contribution in [3.05, 3.63) is 86.6 Å². The van der Waals surface area contributed by atoms with Gasteiger partial charge in [0.1, 0.15) is 11.4 Å². The van der Waals surface area contributed by atoms with Gasteiger partial charge in [-0.3, -0.25) is 0 Å². The molecule has 0 saturated heterocycles. The Kier molecular flexibility index (Phi) is 5.06. The summed E-state index contributed by atoms with van der Waals surface area (Å²) in [6.07, 6.45) is 2.87. The first kappa shape index (κ1) is 18.3.